The van der Waals surface area contributed by atoms with E-state index in [0.717, 1.165) is 12.1 Å². The fourth-order valence-electron chi connectivity index (χ4n) is 3.99. The van der Waals surface area contributed by atoms with Gasteiger partial charge in [-0.15, -0.1) is 0 Å². The lowest BCUT2D eigenvalue weighted by Crippen LogP contribution is -2.49. The van der Waals surface area contributed by atoms with Crippen molar-refractivity contribution in [3.63, 3.8) is 0 Å². The molecule has 1 amide bonds. The van der Waals surface area contributed by atoms with E-state index in [1.54, 1.807) is 33.7 Å². The Morgan fingerprint density at radius 2 is 1.76 bits per heavy atom. The van der Waals surface area contributed by atoms with E-state index in [4.69, 9.17) is 0 Å². The molecule has 0 atom stereocenters. The van der Waals surface area contributed by atoms with Crippen LogP contribution in [-0.4, -0.2) is 52.3 Å². The molecular formula is C24H25F3N4O2S. The molecule has 2 heterocycles. The fourth-order valence-corrected chi connectivity index (χ4v) is 5.02. The summed E-state index contributed by atoms with van der Waals surface area (Å²) in [5.41, 5.74) is 0.274. The zero-order chi connectivity index (χ0) is 24.5. The number of anilines is 1. The van der Waals surface area contributed by atoms with Crippen molar-refractivity contribution in [2.24, 2.45) is 0 Å². The molecule has 0 aliphatic carbocycles. The van der Waals surface area contributed by atoms with Gasteiger partial charge in [0.25, 0.3) is 5.56 Å². The van der Waals surface area contributed by atoms with Gasteiger partial charge in [-0.05, 0) is 44.2 Å². The van der Waals surface area contributed by atoms with E-state index in [2.05, 4.69) is 4.98 Å². The second-order valence-electron chi connectivity index (χ2n) is 8.39. The van der Waals surface area contributed by atoms with Crippen molar-refractivity contribution in [1.82, 2.24) is 14.5 Å². The van der Waals surface area contributed by atoms with Crippen LogP contribution in [0.25, 0.3) is 10.9 Å². The van der Waals surface area contributed by atoms with Crippen LogP contribution in [0.4, 0.5) is 18.9 Å². The summed E-state index contributed by atoms with van der Waals surface area (Å²) in [6.45, 7) is 5.52. The van der Waals surface area contributed by atoms with Gasteiger partial charge >= 0.3 is 6.18 Å². The molecule has 0 radical (unpaired) electrons. The number of hydrogen-bond acceptors (Lipinski definition) is 5. The maximum absolute atomic E-state index is 13.0. The molecular weight excluding hydrogens is 465 g/mol. The van der Waals surface area contributed by atoms with Crippen molar-refractivity contribution in [1.29, 1.82) is 0 Å². The molecule has 6 nitrogen and oxygen atoms in total. The quantitative estimate of drug-likeness (QED) is 0.391. The molecule has 4 rings (SSSR count). The third-order valence-electron chi connectivity index (χ3n) is 5.79. The molecule has 0 spiro atoms. The van der Waals surface area contributed by atoms with Crippen LogP contribution in [0.15, 0.2) is 58.5 Å². The molecule has 0 N–H and O–H groups in total. The lowest BCUT2D eigenvalue weighted by molar-refractivity contribution is -0.137. The highest BCUT2D eigenvalue weighted by Crippen LogP contribution is 2.32. The Morgan fingerprint density at radius 1 is 1.06 bits per heavy atom. The third kappa shape index (κ3) is 5.06. The van der Waals surface area contributed by atoms with Crippen LogP contribution in [0, 0.1) is 0 Å². The number of benzene rings is 2. The van der Waals surface area contributed by atoms with E-state index in [0.29, 0.717) is 47.9 Å². The van der Waals surface area contributed by atoms with E-state index in [1.807, 2.05) is 24.8 Å². The van der Waals surface area contributed by atoms with Crippen LogP contribution in [0.3, 0.4) is 0 Å². The molecule has 0 saturated carbocycles. The van der Waals surface area contributed by atoms with Gasteiger partial charge in [-0.2, -0.15) is 13.2 Å². The highest BCUT2D eigenvalue weighted by atomic mass is 32.2. The van der Waals surface area contributed by atoms with Gasteiger partial charge in [-0.25, -0.2) is 4.98 Å². The normalized spacial score (nSPS) is 14.8. The second-order valence-corrected chi connectivity index (χ2v) is 9.33. The van der Waals surface area contributed by atoms with E-state index in [-0.39, 0.29) is 23.3 Å². The van der Waals surface area contributed by atoms with Crippen LogP contribution in [0.5, 0.6) is 0 Å². The summed E-state index contributed by atoms with van der Waals surface area (Å²) in [7, 11) is 0. The van der Waals surface area contributed by atoms with Gasteiger partial charge in [0, 0.05) is 37.9 Å². The van der Waals surface area contributed by atoms with Gasteiger partial charge < -0.3 is 9.80 Å². The highest BCUT2D eigenvalue weighted by Gasteiger charge is 2.31. The molecule has 0 unspecified atom stereocenters. The summed E-state index contributed by atoms with van der Waals surface area (Å²) in [6, 6.07) is 12.3. The second kappa shape index (κ2) is 9.69. The topological polar surface area (TPSA) is 58.4 Å². The maximum atomic E-state index is 13.0. The van der Waals surface area contributed by atoms with Crippen molar-refractivity contribution >= 4 is 34.3 Å². The van der Waals surface area contributed by atoms with Crippen molar-refractivity contribution in [3.05, 3.63) is 64.4 Å². The molecule has 0 bridgehead atoms. The van der Waals surface area contributed by atoms with Crippen LogP contribution in [-0.2, 0) is 11.0 Å². The Morgan fingerprint density at radius 3 is 2.44 bits per heavy atom. The number of halogens is 3. The molecule has 1 aromatic heterocycles. The van der Waals surface area contributed by atoms with Crippen molar-refractivity contribution < 1.29 is 18.0 Å². The number of aromatic nitrogens is 2. The summed E-state index contributed by atoms with van der Waals surface area (Å²) in [5.74, 6) is 0.0348. The summed E-state index contributed by atoms with van der Waals surface area (Å²) < 4.78 is 40.7. The summed E-state index contributed by atoms with van der Waals surface area (Å²) in [5, 5.41) is 1.03. The first kappa shape index (κ1) is 24.1. The monoisotopic (exact) mass is 490 g/mol. The predicted octanol–water partition coefficient (Wildman–Crippen LogP) is 4.44. The van der Waals surface area contributed by atoms with Crippen molar-refractivity contribution in [2.45, 2.75) is 31.2 Å². The largest absolute Gasteiger partial charge is 0.416 e. The number of alkyl halides is 3. The number of amides is 1. The Balaban J connectivity index is 1.41. The molecule has 180 valence electrons. The minimum absolute atomic E-state index is 0.0913. The Kier molecular flexibility index (Phi) is 6.88. The lowest BCUT2D eigenvalue weighted by atomic mass is 10.1. The fraction of sp³-hybridized carbons (Fsp3) is 0.375. The number of para-hydroxylation sites is 1. The van der Waals surface area contributed by atoms with Gasteiger partial charge in [0.15, 0.2) is 5.16 Å². The number of hydrogen-bond donors (Lipinski definition) is 0. The number of rotatable bonds is 5. The standard InChI is InChI=1S/C24H25F3N4O2S/c1-16(2)31-22(33)19-8-3-4-9-20(19)28-23(31)34-15-21(32)30-12-10-29(11-13-30)18-7-5-6-17(14-18)24(25,26)27/h3-9,14,16H,10-13,15H2,1-2H3. The molecule has 2 aromatic carbocycles. The van der Waals surface area contributed by atoms with E-state index in [1.165, 1.54) is 17.8 Å². The SMILES string of the molecule is CC(C)n1c(SCC(=O)N2CCN(c3cccc(C(F)(F)F)c3)CC2)nc2ccccc2c1=O. The van der Waals surface area contributed by atoms with Gasteiger partial charge in [0.2, 0.25) is 5.91 Å². The molecule has 1 saturated heterocycles. The Bertz CT molecular complexity index is 1250. The van der Waals surface area contributed by atoms with E-state index in [9.17, 15) is 22.8 Å². The lowest BCUT2D eigenvalue weighted by Gasteiger charge is -2.36. The van der Waals surface area contributed by atoms with Crippen LogP contribution in [0.1, 0.15) is 25.5 Å². The average molecular weight is 491 g/mol. The summed E-state index contributed by atoms with van der Waals surface area (Å²) >= 11 is 1.23. The maximum Gasteiger partial charge on any atom is 0.416 e. The smallest absolute Gasteiger partial charge is 0.368 e. The van der Waals surface area contributed by atoms with Gasteiger partial charge in [-0.1, -0.05) is 30.0 Å². The number of thioether (sulfide) groups is 1. The minimum Gasteiger partial charge on any atom is -0.368 e. The zero-order valence-electron chi connectivity index (χ0n) is 18.9. The average Bonchev–Trinajstić information content (AvgIpc) is 2.82. The van der Waals surface area contributed by atoms with Crippen LogP contribution < -0.4 is 10.5 Å². The number of nitrogens with zero attached hydrogens (tertiary/aromatic N) is 4. The first-order chi connectivity index (χ1) is 16.1. The zero-order valence-corrected chi connectivity index (χ0v) is 19.7. The number of fused-ring (bicyclic) bond motifs is 1. The molecule has 3 aromatic rings. The molecule has 1 aliphatic rings. The number of carbonyl (C=O) groups is 1. The van der Waals surface area contributed by atoms with Gasteiger partial charge in [-0.3, -0.25) is 14.2 Å². The van der Waals surface area contributed by atoms with E-state index < -0.39 is 11.7 Å². The molecule has 10 heteroatoms. The first-order valence-corrected chi connectivity index (χ1v) is 12.0. The Hall–Kier alpha value is -3.01. The van der Waals surface area contributed by atoms with Crippen molar-refractivity contribution in [2.75, 3.05) is 36.8 Å². The van der Waals surface area contributed by atoms with E-state index >= 15 is 0 Å². The number of carbonyl (C=O) groups excluding carboxylic acids is 1. The first-order valence-electron chi connectivity index (χ1n) is 11.0. The van der Waals surface area contributed by atoms with Gasteiger partial charge in [0.05, 0.1) is 22.2 Å². The van der Waals surface area contributed by atoms with Crippen LogP contribution >= 0.6 is 11.8 Å². The molecule has 1 aliphatic heterocycles. The molecule has 34 heavy (non-hydrogen) atoms. The predicted molar refractivity (Wildman–Crippen MR) is 127 cm³/mol. The number of piperazine rings is 1. The summed E-state index contributed by atoms with van der Waals surface area (Å²) in [4.78, 5) is 34.0. The summed E-state index contributed by atoms with van der Waals surface area (Å²) in [6.07, 6.45) is -4.39. The molecule has 1 fully saturated rings. The van der Waals surface area contributed by atoms with Crippen molar-refractivity contribution in [3.8, 4) is 0 Å². The van der Waals surface area contributed by atoms with Gasteiger partial charge in [0.1, 0.15) is 0 Å². The highest BCUT2D eigenvalue weighted by molar-refractivity contribution is 7.99. The Labute approximate surface area is 199 Å². The van der Waals surface area contributed by atoms with Crippen LogP contribution in [0.2, 0.25) is 0 Å². The minimum atomic E-state index is -4.39. The third-order valence-corrected chi connectivity index (χ3v) is 6.73.